The van der Waals surface area contributed by atoms with Gasteiger partial charge in [0.15, 0.2) is 0 Å². The van der Waals surface area contributed by atoms with Gasteiger partial charge in [-0.3, -0.25) is 9.67 Å². The van der Waals surface area contributed by atoms with E-state index >= 15 is 0 Å². The third-order valence-electron chi connectivity index (χ3n) is 4.67. The summed E-state index contributed by atoms with van der Waals surface area (Å²) < 4.78 is 7.82. The molecule has 0 spiro atoms. The quantitative estimate of drug-likeness (QED) is 0.470. The van der Waals surface area contributed by atoms with Gasteiger partial charge in [-0.05, 0) is 47.0 Å². The van der Waals surface area contributed by atoms with Gasteiger partial charge in [-0.15, -0.1) is 0 Å². The Morgan fingerprint density at radius 1 is 0.828 bits per heavy atom. The number of benzene rings is 2. The molecule has 4 aromatic rings. The van der Waals surface area contributed by atoms with Crippen molar-refractivity contribution in [2.24, 2.45) is 0 Å². The normalized spacial score (nSPS) is 10.8. The van der Waals surface area contributed by atoms with Crippen LogP contribution in [0, 0.1) is 0 Å². The Labute approximate surface area is 171 Å². The molecule has 0 unspecified atom stereocenters. The van der Waals surface area contributed by atoms with E-state index in [4.69, 9.17) is 4.74 Å². The summed E-state index contributed by atoms with van der Waals surface area (Å²) in [5.74, 6) is 0.856. The van der Waals surface area contributed by atoms with Gasteiger partial charge in [-0.25, -0.2) is 0 Å². The molecule has 0 saturated carbocycles. The summed E-state index contributed by atoms with van der Waals surface area (Å²) in [6, 6.07) is 24.4. The van der Waals surface area contributed by atoms with Crippen molar-refractivity contribution in [1.82, 2.24) is 20.1 Å². The van der Waals surface area contributed by atoms with Gasteiger partial charge in [0.05, 0.1) is 12.2 Å². The third kappa shape index (κ3) is 5.53. The molecule has 0 fully saturated rings. The summed E-state index contributed by atoms with van der Waals surface area (Å²) in [5.41, 5.74) is 4.67. The highest BCUT2D eigenvalue weighted by atomic mass is 16.5. The lowest BCUT2D eigenvalue weighted by Crippen LogP contribution is -2.15. The van der Waals surface area contributed by atoms with Crippen LogP contribution < -0.4 is 10.1 Å². The highest BCUT2D eigenvalue weighted by molar-refractivity contribution is 5.30. The molecule has 2 aromatic carbocycles. The molecule has 0 aliphatic heterocycles. The molecule has 0 aliphatic rings. The Kier molecular flexibility index (Phi) is 6.30. The number of hydrogen-bond acceptors (Lipinski definition) is 4. The van der Waals surface area contributed by atoms with Crippen LogP contribution in [0.1, 0.15) is 22.4 Å². The lowest BCUT2D eigenvalue weighted by molar-refractivity contribution is 0.301. The second kappa shape index (κ2) is 9.66. The Morgan fingerprint density at radius 3 is 2.55 bits per heavy atom. The van der Waals surface area contributed by atoms with Crippen LogP contribution in [0.15, 0.2) is 91.4 Å². The van der Waals surface area contributed by atoms with E-state index in [1.165, 1.54) is 16.7 Å². The second-order valence-corrected chi connectivity index (χ2v) is 6.83. The summed E-state index contributed by atoms with van der Waals surface area (Å²) >= 11 is 0. The molecule has 4 rings (SSSR count). The maximum absolute atomic E-state index is 5.88. The molecule has 0 saturated heterocycles. The first kappa shape index (κ1) is 18.9. The van der Waals surface area contributed by atoms with Gasteiger partial charge >= 0.3 is 0 Å². The zero-order chi connectivity index (χ0) is 19.7. The Morgan fingerprint density at radius 2 is 1.72 bits per heavy atom. The van der Waals surface area contributed by atoms with E-state index < -0.39 is 0 Å². The van der Waals surface area contributed by atoms with E-state index in [1.54, 1.807) is 6.20 Å². The highest BCUT2D eigenvalue weighted by Crippen LogP contribution is 2.15. The topological polar surface area (TPSA) is 52.0 Å². The molecule has 29 heavy (non-hydrogen) atoms. The van der Waals surface area contributed by atoms with E-state index in [0.717, 1.165) is 31.1 Å². The van der Waals surface area contributed by atoms with Crippen LogP contribution in [-0.4, -0.2) is 14.8 Å². The average molecular weight is 384 g/mol. The molecule has 5 heteroatoms. The fraction of sp³-hybridized carbons (Fsp3) is 0.167. The molecule has 0 bridgehead atoms. The SMILES string of the molecule is c1ccc(COc2cccc(CNCc3ccccc3Cn3cccn3)c2)nc1. The molecule has 146 valence electrons. The summed E-state index contributed by atoms with van der Waals surface area (Å²) in [5, 5.41) is 7.85. The van der Waals surface area contributed by atoms with E-state index in [1.807, 2.05) is 53.5 Å². The summed E-state index contributed by atoms with van der Waals surface area (Å²) in [6.07, 6.45) is 5.58. The van der Waals surface area contributed by atoms with Gasteiger partial charge in [0.2, 0.25) is 0 Å². The van der Waals surface area contributed by atoms with Crippen LogP contribution in [0.4, 0.5) is 0 Å². The van der Waals surface area contributed by atoms with Crippen molar-refractivity contribution in [3.63, 3.8) is 0 Å². The van der Waals surface area contributed by atoms with Gasteiger partial charge in [0, 0.05) is 31.7 Å². The smallest absolute Gasteiger partial charge is 0.130 e. The first-order chi connectivity index (χ1) is 14.4. The zero-order valence-corrected chi connectivity index (χ0v) is 16.2. The molecule has 0 amide bonds. The number of aromatic nitrogens is 3. The fourth-order valence-corrected chi connectivity index (χ4v) is 3.18. The van der Waals surface area contributed by atoms with E-state index in [0.29, 0.717) is 6.61 Å². The van der Waals surface area contributed by atoms with E-state index in [2.05, 4.69) is 51.8 Å². The lowest BCUT2D eigenvalue weighted by atomic mass is 10.1. The number of hydrogen-bond donors (Lipinski definition) is 1. The summed E-state index contributed by atoms with van der Waals surface area (Å²) in [7, 11) is 0. The Bertz CT molecular complexity index is 1020. The van der Waals surface area contributed by atoms with Crippen molar-refractivity contribution >= 4 is 0 Å². The number of nitrogens with zero attached hydrogens (tertiary/aromatic N) is 3. The van der Waals surface area contributed by atoms with E-state index in [-0.39, 0.29) is 0 Å². The minimum Gasteiger partial charge on any atom is -0.487 e. The van der Waals surface area contributed by atoms with E-state index in [9.17, 15) is 0 Å². The van der Waals surface area contributed by atoms with Crippen molar-refractivity contribution in [3.8, 4) is 5.75 Å². The number of pyridine rings is 1. The Balaban J connectivity index is 1.32. The average Bonchev–Trinajstić information content (AvgIpc) is 3.28. The van der Waals surface area contributed by atoms with Gasteiger partial charge < -0.3 is 10.1 Å². The predicted molar refractivity (Wildman–Crippen MR) is 113 cm³/mol. The maximum atomic E-state index is 5.88. The van der Waals surface area contributed by atoms with Crippen molar-refractivity contribution in [2.45, 2.75) is 26.2 Å². The zero-order valence-electron chi connectivity index (χ0n) is 16.2. The first-order valence-electron chi connectivity index (χ1n) is 9.73. The molecule has 0 atom stereocenters. The third-order valence-corrected chi connectivity index (χ3v) is 4.67. The highest BCUT2D eigenvalue weighted by Gasteiger charge is 2.04. The second-order valence-electron chi connectivity index (χ2n) is 6.83. The van der Waals surface area contributed by atoms with Gasteiger partial charge in [0.25, 0.3) is 0 Å². The molecule has 0 radical (unpaired) electrons. The number of nitrogens with one attached hydrogen (secondary N) is 1. The number of ether oxygens (including phenoxy) is 1. The van der Waals surface area contributed by atoms with Crippen molar-refractivity contribution in [2.75, 3.05) is 0 Å². The van der Waals surface area contributed by atoms with Crippen LogP contribution in [0.2, 0.25) is 0 Å². The first-order valence-corrected chi connectivity index (χ1v) is 9.73. The lowest BCUT2D eigenvalue weighted by Gasteiger charge is -2.12. The minimum absolute atomic E-state index is 0.471. The summed E-state index contributed by atoms with van der Waals surface area (Å²) in [6.45, 7) is 2.83. The Hall–Kier alpha value is -3.44. The van der Waals surface area contributed by atoms with Crippen LogP contribution in [-0.2, 0) is 26.2 Å². The molecule has 1 N–H and O–H groups in total. The van der Waals surface area contributed by atoms with Crippen LogP contribution >= 0.6 is 0 Å². The van der Waals surface area contributed by atoms with Crippen LogP contribution in [0.3, 0.4) is 0 Å². The molecule has 2 heterocycles. The van der Waals surface area contributed by atoms with Crippen molar-refractivity contribution < 1.29 is 4.74 Å². The predicted octanol–water partition coefficient (Wildman–Crippen LogP) is 4.20. The van der Waals surface area contributed by atoms with Gasteiger partial charge in [-0.1, -0.05) is 42.5 Å². The fourth-order valence-electron chi connectivity index (χ4n) is 3.18. The maximum Gasteiger partial charge on any atom is 0.130 e. The van der Waals surface area contributed by atoms with Crippen LogP contribution in [0.5, 0.6) is 5.75 Å². The van der Waals surface area contributed by atoms with Crippen molar-refractivity contribution in [1.29, 1.82) is 0 Å². The molecule has 0 aliphatic carbocycles. The molecular weight excluding hydrogens is 360 g/mol. The monoisotopic (exact) mass is 384 g/mol. The van der Waals surface area contributed by atoms with Gasteiger partial charge in [-0.2, -0.15) is 5.10 Å². The number of rotatable bonds is 9. The van der Waals surface area contributed by atoms with Crippen LogP contribution in [0.25, 0.3) is 0 Å². The molecule has 2 aromatic heterocycles. The minimum atomic E-state index is 0.471. The molecular formula is C24H24N4O. The molecule has 5 nitrogen and oxygen atoms in total. The largest absolute Gasteiger partial charge is 0.487 e. The van der Waals surface area contributed by atoms with Crippen molar-refractivity contribution in [3.05, 3.63) is 114 Å². The summed E-state index contributed by atoms with van der Waals surface area (Å²) in [4.78, 5) is 4.29. The standard InChI is InChI=1S/C24H24N4O/c1-2-9-22(18-28-14-6-13-27-28)21(8-1)17-25-16-20-7-5-11-24(15-20)29-19-23-10-3-4-12-26-23/h1-15,25H,16-19H2. The van der Waals surface area contributed by atoms with Gasteiger partial charge in [0.1, 0.15) is 12.4 Å².